The number of anilines is 1. The quantitative estimate of drug-likeness (QED) is 0.776. The van der Waals surface area contributed by atoms with E-state index < -0.39 is 23.2 Å². The molecule has 19 heavy (non-hydrogen) atoms. The first-order chi connectivity index (χ1) is 8.94. The van der Waals surface area contributed by atoms with Gasteiger partial charge in [-0.05, 0) is 38.4 Å². The number of benzene rings is 1. The van der Waals surface area contributed by atoms with Crippen molar-refractivity contribution in [2.45, 2.75) is 25.3 Å². The number of halogens is 1. The van der Waals surface area contributed by atoms with E-state index in [0.717, 1.165) is 12.5 Å². The molecule has 6 heteroatoms. The number of carbonyl (C=O) groups excluding carboxylic acids is 1. The molecule has 3 N–H and O–H groups in total. The van der Waals surface area contributed by atoms with E-state index in [1.807, 2.05) is 0 Å². The van der Waals surface area contributed by atoms with Crippen molar-refractivity contribution in [3.05, 3.63) is 29.6 Å². The van der Waals surface area contributed by atoms with Gasteiger partial charge in [0.1, 0.15) is 5.82 Å². The average molecular weight is 266 g/mol. The second kappa shape index (κ2) is 4.97. The molecule has 0 spiro atoms. The highest BCUT2D eigenvalue weighted by Gasteiger charge is 2.36. The molecule has 1 aliphatic heterocycles. The van der Waals surface area contributed by atoms with Crippen LogP contribution in [0.1, 0.15) is 30.1 Å². The number of amides is 1. The summed E-state index contributed by atoms with van der Waals surface area (Å²) in [6, 6.07) is 3.67. The van der Waals surface area contributed by atoms with E-state index in [1.165, 1.54) is 12.1 Å². The summed E-state index contributed by atoms with van der Waals surface area (Å²) in [6.45, 7) is 2.43. The van der Waals surface area contributed by atoms with Crippen LogP contribution in [0.15, 0.2) is 18.2 Å². The average Bonchev–Trinajstić information content (AvgIpc) is 2.79. The normalized spacial score (nSPS) is 22.2. The molecule has 1 aromatic carbocycles. The van der Waals surface area contributed by atoms with Crippen molar-refractivity contribution < 1.29 is 19.1 Å². The van der Waals surface area contributed by atoms with Crippen LogP contribution in [-0.4, -0.2) is 29.1 Å². The van der Waals surface area contributed by atoms with Crippen molar-refractivity contribution >= 4 is 17.6 Å². The second-order valence-electron chi connectivity index (χ2n) is 4.78. The topological polar surface area (TPSA) is 78.4 Å². The largest absolute Gasteiger partial charge is 0.478 e. The molecule has 1 heterocycles. The van der Waals surface area contributed by atoms with Gasteiger partial charge >= 0.3 is 5.97 Å². The molecule has 0 aromatic heterocycles. The highest BCUT2D eigenvalue weighted by molar-refractivity contribution is 6.03. The van der Waals surface area contributed by atoms with Crippen molar-refractivity contribution in [1.29, 1.82) is 0 Å². The first-order valence-electron chi connectivity index (χ1n) is 6.02. The summed E-state index contributed by atoms with van der Waals surface area (Å²) in [4.78, 5) is 23.2. The molecule has 0 aliphatic carbocycles. The minimum absolute atomic E-state index is 0.255. The van der Waals surface area contributed by atoms with Crippen molar-refractivity contribution in [2.24, 2.45) is 0 Å². The van der Waals surface area contributed by atoms with Crippen LogP contribution in [0.5, 0.6) is 0 Å². The Morgan fingerprint density at radius 1 is 1.47 bits per heavy atom. The molecule has 1 atom stereocenters. The van der Waals surface area contributed by atoms with E-state index in [2.05, 4.69) is 10.6 Å². The summed E-state index contributed by atoms with van der Waals surface area (Å²) in [6.07, 6.45) is 1.49. The predicted molar refractivity (Wildman–Crippen MR) is 67.6 cm³/mol. The molecule has 1 saturated heterocycles. The fraction of sp³-hybridized carbons (Fsp3) is 0.385. The van der Waals surface area contributed by atoms with Gasteiger partial charge in [-0.1, -0.05) is 6.07 Å². The smallest absolute Gasteiger partial charge is 0.337 e. The van der Waals surface area contributed by atoms with Crippen LogP contribution < -0.4 is 10.6 Å². The summed E-state index contributed by atoms with van der Waals surface area (Å²) in [5.41, 5.74) is -1.32. The Hall–Kier alpha value is -1.95. The second-order valence-corrected chi connectivity index (χ2v) is 4.78. The van der Waals surface area contributed by atoms with Crippen LogP contribution in [0, 0.1) is 5.82 Å². The molecule has 2 rings (SSSR count). The van der Waals surface area contributed by atoms with Gasteiger partial charge in [-0.25, -0.2) is 9.18 Å². The van der Waals surface area contributed by atoms with Crippen LogP contribution in [0.25, 0.3) is 0 Å². The maximum Gasteiger partial charge on any atom is 0.337 e. The summed E-state index contributed by atoms with van der Waals surface area (Å²) < 4.78 is 13.7. The fourth-order valence-corrected chi connectivity index (χ4v) is 2.17. The van der Waals surface area contributed by atoms with E-state index in [9.17, 15) is 14.0 Å². The number of aromatic carboxylic acids is 1. The molecular weight excluding hydrogens is 251 g/mol. The number of nitrogens with one attached hydrogen (secondary N) is 2. The number of para-hydroxylation sites is 1. The van der Waals surface area contributed by atoms with E-state index in [0.29, 0.717) is 13.0 Å². The molecule has 5 nitrogen and oxygen atoms in total. The molecule has 1 amide bonds. The predicted octanol–water partition coefficient (Wildman–Crippen LogP) is 1.60. The maximum absolute atomic E-state index is 13.7. The molecule has 1 aromatic rings. The van der Waals surface area contributed by atoms with Gasteiger partial charge in [0.2, 0.25) is 5.91 Å². The van der Waals surface area contributed by atoms with Gasteiger partial charge in [0.25, 0.3) is 0 Å². The summed E-state index contributed by atoms with van der Waals surface area (Å²) in [5, 5.41) is 14.4. The Morgan fingerprint density at radius 3 is 2.79 bits per heavy atom. The van der Waals surface area contributed by atoms with Crippen LogP contribution in [-0.2, 0) is 4.79 Å². The Morgan fingerprint density at radius 2 is 2.21 bits per heavy atom. The highest BCUT2D eigenvalue weighted by atomic mass is 19.1. The lowest BCUT2D eigenvalue weighted by Gasteiger charge is -2.23. The lowest BCUT2D eigenvalue weighted by atomic mass is 9.99. The van der Waals surface area contributed by atoms with E-state index >= 15 is 0 Å². The monoisotopic (exact) mass is 266 g/mol. The fourth-order valence-electron chi connectivity index (χ4n) is 2.17. The number of carbonyl (C=O) groups is 2. The van der Waals surface area contributed by atoms with Crippen LogP contribution >= 0.6 is 0 Å². The highest BCUT2D eigenvalue weighted by Crippen LogP contribution is 2.24. The zero-order valence-corrected chi connectivity index (χ0v) is 10.5. The van der Waals surface area contributed by atoms with Gasteiger partial charge < -0.3 is 15.7 Å². The molecule has 102 valence electrons. The minimum Gasteiger partial charge on any atom is -0.478 e. The number of hydrogen-bond donors (Lipinski definition) is 3. The van der Waals surface area contributed by atoms with Gasteiger partial charge in [-0.3, -0.25) is 4.79 Å². The molecule has 0 saturated carbocycles. The third kappa shape index (κ3) is 2.58. The Bertz CT molecular complexity index is 525. The summed E-state index contributed by atoms with van der Waals surface area (Å²) >= 11 is 0. The number of hydrogen-bond acceptors (Lipinski definition) is 3. The van der Waals surface area contributed by atoms with Crippen molar-refractivity contribution in [3.63, 3.8) is 0 Å². The zero-order chi connectivity index (χ0) is 14.0. The molecule has 0 radical (unpaired) electrons. The lowest BCUT2D eigenvalue weighted by molar-refractivity contribution is -0.121. The Balaban J connectivity index is 2.28. The van der Waals surface area contributed by atoms with Gasteiger partial charge in [0.05, 0.1) is 16.8 Å². The van der Waals surface area contributed by atoms with Crippen molar-refractivity contribution in [3.8, 4) is 0 Å². The standard InChI is InChI=1S/C13H15FN2O3/c1-13(6-3-7-15-13)12(19)16-10-8(11(17)18)4-2-5-9(10)14/h2,4-5,15H,3,6-7H2,1H3,(H,16,19)(H,17,18). The van der Waals surface area contributed by atoms with E-state index in [1.54, 1.807) is 6.92 Å². The number of carboxylic acids is 1. The third-order valence-corrected chi connectivity index (χ3v) is 3.35. The molecule has 1 unspecified atom stereocenters. The Kier molecular flexibility index (Phi) is 3.53. The molecule has 0 bridgehead atoms. The lowest BCUT2D eigenvalue weighted by Crippen LogP contribution is -2.48. The van der Waals surface area contributed by atoms with Crippen molar-refractivity contribution in [1.82, 2.24) is 5.32 Å². The van der Waals surface area contributed by atoms with Crippen LogP contribution in [0.4, 0.5) is 10.1 Å². The number of rotatable bonds is 3. The molecule has 1 aliphatic rings. The van der Waals surface area contributed by atoms with Crippen molar-refractivity contribution in [2.75, 3.05) is 11.9 Å². The van der Waals surface area contributed by atoms with Gasteiger partial charge in [-0.2, -0.15) is 0 Å². The van der Waals surface area contributed by atoms with Crippen LogP contribution in [0.3, 0.4) is 0 Å². The third-order valence-electron chi connectivity index (χ3n) is 3.35. The van der Waals surface area contributed by atoms with E-state index in [-0.39, 0.29) is 11.3 Å². The van der Waals surface area contributed by atoms with Gasteiger partial charge in [0, 0.05) is 0 Å². The minimum atomic E-state index is -1.28. The van der Waals surface area contributed by atoms with E-state index in [4.69, 9.17) is 5.11 Å². The SMILES string of the molecule is CC1(C(=O)Nc2c(F)cccc2C(=O)O)CCCN1. The first kappa shape index (κ1) is 13.5. The van der Waals surface area contributed by atoms with Gasteiger partial charge in [-0.15, -0.1) is 0 Å². The summed E-state index contributed by atoms with van der Waals surface area (Å²) in [5.74, 6) is -2.45. The first-order valence-corrected chi connectivity index (χ1v) is 6.02. The number of carboxylic acid groups (broad SMARTS) is 1. The van der Waals surface area contributed by atoms with Crippen LogP contribution in [0.2, 0.25) is 0 Å². The Labute approximate surface area is 109 Å². The molecular formula is C13H15FN2O3. The summed E-state index contributed by atoms with van der Waals surface area (Å²) in [7, 11) is 0. The molecule has 1 fully saturated rings. The maximum atomic E-state index is 13.7. The zero-order valence-electron chi connectivity index (χ0n) is 10.5. The van der Waals surface area contributed by atoms with Gasteiger partial charge in [0.15, 0.2) is 0 Å².